The van der Waals surface area contributed by atoms with Crippen LogP contribution in [0.2, 0.25) is 0 Å². The predicted molar refractivity (Wildman–Crippen MR) is 77.0 cm³/mol. The summed E-state index contributed by atoms with van der Waals surface area (Å²) in [5.74, 6) is 0.321. The van der Waals surface area contributed by atoms with Gasteiger partial charge in [-0.25, -0.2) is 0 Å². The number of aromatic hydroxyl groups is 1. The van der Waals surface area contributed by atoms with Crippen molar-refractivity contribution >= 4 is 0 Å². The number of phenols is 1. The van der Waals surface area contributed by atoms with E-state index in [1.165, 1.54) is 32.1 Å². The second-order valence-electron chi connectivity index (χ2n) is 5.81. The molecule has 0 radical (unpaired) electrons. The van der Waals surface area contributed by atoms with E-state index in [-0.39, 0.29) is 12.0 Å². The highest BCUT2D eigenvalue weighted by molar-refractivity contribution is 5.26. The van der Waals surface area contributed by atoms with E-state index in [9.17, 15) is 10.2 Å². The van der Waals surface area contributed by atoms with Crippen LogP contribution in [0, 0.1) is 5.41 Å². The Kier molecular flexibility index (Phi) is 5.23. The van der Waals surface area contributed by atoms with Gasteiger partial charge in [-0.3, -0.25) is 0 Å². The second kappa shape index (κ2) is 6.92. The number of benzene rings is 1. The predicted octanol–water partition coefficient (Wildman–Crippen LogP) is 2.81. The normalized spacial score (nSPS) is 18.4. The molecule has 1 aromatic rings. The van der Waals surface area contributed by atoms with E-state index in [4.69, 9.17) is 0 Å². The van der Waals surface area contributed by atoms with Crippen molar-refractivity contribution in [2.75, 3.05) is 13.2 Å². The number of aliphatic hydroxyl groups excluding tert-OH is 1. The van der Waals surface area contributed by atoms with Gasteiger partial charge in [0.15, 0.2) is 0 Å². The molecule has 1 aliphatic carbocycles. The molecule has 1 fully saturated rings. The van der Waals surface area contributed by atoms with Gasteiger partial charge in [0.1, 0.15) is 5.75 Å². The molecular weight excluding hydrogens is 238 g/mol. The van der Waals surface area contributed by atoms with Crippen molar-refractivity contribution in [3.63, 3.8) is 0 Å². The molecule has 3 N–H and O–H groups in total. The molecule has 3 nitrogen and oxygen atoms in total. The zero-order valence-corrected chi connectivity index (χ0v) is 11.6. The lowest BCUT2D eigenvalue weighted by molar-refractivity contribution is 0.126. The first-order valence-electron chi connectivity index (χ1n) is 7.34. The van der Waals surface area contributed by atoms with E-state index < -0.39 is 0 Å². The number of aliphatic hydroxyl groups is 1. The van der Waals surface area contributed by atoms with Crippen LogP contribution in [-0.2, 0) is 6.54 Å². The van der Waals surface area contributed by atoms with E-state index >= 15 is 0 Å². The average Bonchev–Trinajstić information content (AvgIpc) is 2.40. The third kappa shape index (κ3) is 4.22. The van der Waals surface area contributed by atoms with Crippen molar-refractivity contribution in [1.82, 2.24) is 5.32 Å². The monoisotopic (exact) mass is 263 g/mol. The molecule has 0 heterocycles. The summed E-state index contributed by atoms with van der Waals surface area (Å²) < 4.78 is 0. The summed E-state index contributed by atoms with van der Waals surface area (Å²) in [4.78, 5) is 0. The Morgan fingerprint density at radius 1 is 1.16 bits per heavy atom. The van der Waals surface area contributed by atoms with Crippen LogP contribution in [0.5, 0.6) is 5.75 Å². The first kappa shape index (κ1) is 14.4. The number of hydrogen-bond acceptors (Lipinski definition) is 3. The maximum atomic E-state index is 9.44. The van der Waals surface area contributed by atoms with Gasteiger partial charge in [-0.2, -0.15) is 0 Å². The van der Waals surface area contributed by atoms with E-state index in [0.29, 0.717) is 5.75 Å². The van der Waals surface area contributed by atoms with Crippen molar-refractivity contribution < 1.29 is 10.2 Å². The Balaban J connectivity index is 1.85. The van der Waals surface area contributed by atoms with Crippen LogP contribution in [0.3, 0.4) is 0 Å². The molecule has 2 rings (SSSR count). The van der Waals surface area contributed by atoms with Crippen molar-refractivity contribution in [2.45, 2.75) is 45.1 Å². The summed E-state index contributed by atoms with van der Waals surface area (Å²) in [5, 5.41) is 22.2. The third-order valence-electron chi connectivity index (χ3n) is 4.30. The van der Waals surface area contributed by atoms with E-state index in [1.54, 1.807) is 12.1 Å². The summed E-state index contributed by atoms with van der Waals surface area (Å²) >= 11 is 0. The summed E-state index contributed by atoms with van der Waals surface area (Å²) in [6, 6.07) is 7.38. The number of phenolic OH excluding ortho intramolecular Hbond substituents is 1. The summed E-state index contributed by atoms with van der Waals surface area (Å²) in [7, 11) is 0. The number of hydrogen-bond donors (Lipinski definition) is 3. The Bertz CT molecular complexity index is 381. The smallest absolute Gasteiger partial charge is 0.115 e. The van der Waals surface area contributed by atoms with Crippen LogP contribution in [0.15, 0.2) is 24.3 Å². The maximum Gasteiger partial charge on any atom is 0.115 e. The molecule has 0 unspecified atom stereocenters. The summed E-state index contributed by atoms with van der Waals surface area (Å²) in [6.07, 6.45) is 7.25. The highest BCUT2D eigenvalue weighted by Gasteiger charge is 2.30. The lowest BCUT2D eigenvalue weighted by Gasteiger charge is -2.37. The molecule has 106 valence electrons. The highest BCUT2D eigenvalue weighted by atomic mass is 16.3. The van der Waals surface area contributed by atoms with E-state index in [0.717, 1.165) is 25.1 Å². The molecule has 0 bridgehead atoms. The number of nitrogens with one attached hydrogen (secondary N) is 1. The van der Waals surface area contributed by atoms with Gasteiger partial charge in [-0.05, 0) is 42.4 Å². The first-order valence-corrected chi connectivity index (χ1v) is 7.34. The summed E-state index contributed by atoms with van der Waals surface area (Å²) in [5.41, 5.74) is 1.39. The standard InChI is InChI=1S/C16H25NO2/c18-10-9-16(7-2-1-3-8-16)13-17-12-14-5-4-6-15(19)11-14/h4-6,11,17-19H,1-3,7-10,12-13H2. The molecular formula is C16H25NO2. The average molecular weight is 263 g/mol. The molecule has 0 atom stereocenters. The van der Waals surface area contributed by atoms with Crippen LogP contribution in [0.25, 0.3) is 0 Å². The molecule has 1 aliphatic rings. The SMILES string of the molecule is OCCC1(CNCc2cccc(O)c2)CCCCC1. The molecule has 0 saturated heterocycles. The molecule has 0 amide bonds. The Hall–Kier alpha value is -1.06. The Morgan fingerprint density at radius 3 is 2.63 bits per heavy atom. The zero-order chi connectivity index (χ0) is 13.6. The van der Waals surface area contributed by atoms with Gasteiger partial charge < -0.3 is 15.5 Å². The first-order chi connectivity index (χ1) is 9.24. The highest BCUT2D eigenvalue weighted by Crippen LogP contribution is 2.38. The zero-order valence-electron chi connectivity index (χ0n) is 11.6. The van der Waals surface area contributed by atoms with Gasteiger partial charge in [0.2, 0.25) is 0 Å². The Labute approximate surface area is 115 Å². The molecule has 0 aromatic heterocycles. The fourth-order valence-corrected chi connectivity index (χ4v) is 3.19. The van der Waals surface area contributed by atoms with Crippen LogP contribution < -0.4 is 5.32 Å². The van der Waals surface area contributed by atoms with Crippen molar-refractivity contribution in [1.29, 1.82) is 0 Å². The van der Waals surface area contributed by atoms with Gasteiger partial charge in [0.05, 0.1) is 0 Å². The van der Waals surface area contributed by atoms with Gasteiger partial charge in [0.25, 0.3) is 0 Å². The molecule has 0 aliphatic heterocycles. The molecule has 3 heteroatoms. The van der Waals surface area contributed by atoms with Crippen molar-refractivity contribution in [3.05, 3.63) is 29.8 Å². The lowest BCUT2D eigenvalue weighted by Crippen LogP contribution is -2.36. The van der Waals surface area contributed by atoms with Gasteiger partial charge in [0, 0.05) is 19.7 Å². The molecule has 1 saturated carbocycles. The van der Waals surface area contributed by atoms with Gasteiger partial charge in [-0.15, -0.1) is 0 Å². The van der Waals surface area contributed by atoms with Gasteiger partial charge in [-0.1, -0.05) is 31.4 Å². The third-order valence-corrected chi connectivity index (χ3v) is 4.30. The Morgan fingerprint density at radius 2 is 1.95 bits per heavy atom. The largest absolute Gasteiger partial charge is 0.508 e. The van der Waals surface area contributed by atoms with E-state index in [2.05, 4.69) is 5.32 Å². The molecule has 0 spiro atoms. The fraction of sp³-hybridized carbons (Fsp3) is 0.625. The lowest BCUT2D eigenvalue weighted by atomic mass is 9.72. The van der Waals surface area contributed by atoms with Crippen LogP contribution in [-0.4, -0.2) is 23.4 Å². The van der Waals surface area contributed by atoms with Crippen LogP contribution in [0.1, 0.15) is 44.1 Å². The van der Waals surface area contributed by atoms with Crippen LogP contribution in [0.4, 0.5) is 0 Å². The second-order valence-corrected chi connectivity index (χ2v) is 5.81. The van der Waals surface area contributed by atoms with Crippen molar-refractivity contribution in [3.8, 4) is 5.75 Å². The van der Waals surface area contributed by atoms with Gasteiger partial charge >= 0.3 is 0 Å². The minimum Gasteiger partial charge on any atom is -0.508 e. The van der Waals surface area contributed by atoms with Crippen LogP contribution >= 0.6 is 0 Å². The maximum absolute atomic E-state index is 9.44. The van der Waals surface area contributed by atoms with Crippen molar-refractivity contribution in [2.24, 2.45) is 5.41 Å². The minimum absolute atomic E-state index is 0.282. The number of rotatable bonds is 6. The summed E-state index contributed by atoms with van der Waals surface area (Å²) in [6.45, 7) is 2.03. The van der Waals surface area contributed by atoms with E-state index in [1.807, 2.05) is 12.1 Å². The fourth-order valence-electron chi connectivity index (χ4n) is 3.19. The molecule has 1 aromatic carbocycles. The molecule has 19 heavy (non-hydrogen) atoms. The quantitative estimate of drug-likeness (QED) is 0.739. The minimum atomic E-state index is 0.282. The topological polar surface area (TPSA) is 52.5 Å².